The van der Waals surface area contributed by atoms with Crippen LogP contribution in [-0.2, 0) is 9.59 Å². The van der Waals surface area contributed by atoms with Crippen molar-refractivity contribution in [2.24, 2.45) is 17.8 Å². The van der Waals surface area contributed by atoms with Gasteiger partial charge in [0.15, 0.2) is 0 Å². The van der Waals surface area contributed by atoms with Gasteiger partial charge in [-0.15, -0.1) is 0 Å². The van der Waals surface area contributed by atoms with Crippen LogP contribution in [-0.4, -0.2) is 23.5 Å². The number of carbonyl (C=O) groups is 2. The van der Waals surface area contributed by atoms with Crippen LogP contribution < -0.4 is 4.90 Å². The molecule has 20 heavy (non-hydrogen) atoms. The van der Waals surface area contributed by atoms with Crippen molar-refractivity contribution in [2.75, 3.05) is 11.4 Å². The third kappa shape index (κ3) is 2.40. The highest BCUT2D eigenvalue weighted by atomic mass is 35.5. The van der Waals surface area contributed by atoms with Crippen molar-refractivity contribution in [2.45, 2.75) is 19.3 Å². The minimum atomic E-state index is -1.01. The number of amides is 1. The van der Waals surface area contributed by atoms with Crippen LogP contribution in [0.2, 0.25) is 5.02 Å². The number of nitrogens with zero attached hydrogens (tertiary/aromatic N) is 1. The van der Waals surface area contributed by atoms with E-state index in [9.17, 15) is 9.59 Å². The Hall–Kier alpha value is -1.55. The standard InChI is InChI=1S/C15H16ClNO3/c16-9-3-1-4-10(7-9)17(8-13(18)19)15(20)14-11-5-2-6-12(11)14/h1,3-4,7,11-12,14H,2,5-6,8H2,(H,18,19). The molecule has 2 aliphatic carbocycles. The molecule has 2 unspecified atom stereocenters. The molecular formula is C15H16ClNO3. The molecule has 2 aliphatic rings. The van der Waals surface area contributed by atoms with E-state index >= 15 is 0 Å². The number of carbonyl (C=O) groups excluding carboxylic acids is 1. The predicted molar refractivity (Wildman–Crippen MR) is 75.8 cm³/mol. The number of hydrogen-bond donors (Lipinski definition) is 1. The monoisotopic (exact) mass is 293 g/mol. The Morgan fingerprint density at radius 2 is 2.00 bits per heavy atom. The first-order chi connectivity index (χ1) is 9.58. The second-order valence-corrected chi connectivity index (χ2v) is 6.02. The van der Waals surface area contributed by atoms with E-state index in [-0.39, 0.29) is 18.4 Å². The topological polar surface area (TPSA) is 57.6 Å². The summed E-state index contributed by atoms with van der Waals surface area (Å²) in [6, 6.07) is 6.80. The average molecular weight is 294 g/mol. The van der Waals surface area contributed by atoms with Gasteiger partial charge in [0.1, 0.15) is 6.54 Å². The maximum atomic E-state index is 12.6. The first kappa shape index (κ1) is 13.4. The zero-order valence-corrected chi connectivity index (χ0v) is 11.7. The van der Waals surface area contributed by atoms with E-state index in [1.54, 1.807) is 24.3 Å². The molecule has 1 aromatic carbocycles. The summed E-state index contributed by atoms with van der Waals surface area (Å²) in [6.45, 7) is -0.310. The summed E-state index contributed by atoms with van der Waals surface area (Å²) in [7, 11) is 0. The van der Waals surface area contributed by atoms with E-state index in [0.717, 1.165) is 12.8 Å². The summed E-state index contributed by atoms with van der Waals surface area (Å²) in [6.07, 6.45) is 3.38. The Labute approximate surface area is 122 Å². The van der Waals surface area contributed by atoms with Gasteiger partial charge in [-0.1, -0.05) is 24.1 Å². The Balaban J connectivity index is 1.83. The normalized spacial score (nSPS) is 26.9. The van der Waals surface area contributed by atoms with Gasteiger partial charge in [-0.3, -0.25) is 9.59 Å². The number of halogens is 1. The summed E-state index contributed by atoms with van der Waals surface area (Å²) < 4.78 is 0. The van der Waals surface area contributed by atoms with Crippen LogP contribution in [0.3, 0.4) is 0 Å². The third-order valence-corrected chi connectivity index (χ3v) is 4.61. The quantitative estimate of drug-likeness (QED) is 0.928. The molecule has 4 nitrogen and oxygen atoms in total. The van der Waals surface area contributed by atoms with E-state index in [1.807, 2.05) is 0 Å². The maximum absolute atomic E-state index is 12.6. The number of carboxylic acids is 1. The molecule has 0 aromatic heterocycles. The molecule has 0 bridgehead atoms. The minimum Gasteiger partial charge on any atom is -0.480 e. The van der Waals surface area contributed by atoms with Gasteiger partial charge in [0, 0.05) is 16.6 Å². The van der Waals surface area contributed by atoms with Crippen LogP contribution in [0.5, 0.6) is 0 Å². The number of hydrogen-bond acceptors (Lipinski definition) is 2. The van der Waals surface area contributed by atoms with Crippen LogP contribution in [0.15, 0.2) is 24.3 Å². The summed E-state index contributed by atoms with van der Waals surface area (Å²) in [5, 5.41) is 9.54. The molecule has 0 spiro atoms. The number of aliphatic carboxylic acids is 1. The van der Waals surface area contributed by atoms with Gasteiger partial charge in [0.05, 0.1) is 0 Å². The number of carboxylic acid groups (broad SMARTS) is 1. The van der Waals surface area contributed by atoms with Gasteiger partial charge >= 0.3 is 5.97 Å². The van der Waals surface area contributed by atoms with E-state index < -0.39 is 5.97 Å². The maximum Gasteiger partial charge on any atom is 0.323 e. The van der Waals surface area contributed by atoms with Gasteiger partial charge in [-0.2, -0.15) is 0 Å². The fourth-order valence-corrected chi connectivity index (χ4v) is 3.63. The van der Waals surface area contributed by atoms with Crippen LogP contribution in [0.1, 0.15) is 19.3 Å². The number of rotatable bonds is 4. The zero-order valence-electron chi connectivity index (χ0n) is 11.0. The molecule has 2 atom stereocenters. The van der Waals surface area contributed by atoms with Crippen molar-refractivity contribution >= 4 is 29.2 Å². The molecule has 106 valence electrons. The molecular weight excluding hydrogens is 278 g/mol. The first-order valence-electron chi connectivity index (χ1n) is 6.86. The largest absolute Gasteiger partial charge is 0.480 e. The average Bonchev–Trinajstić information content (AvgIpc) is 2.88. The molecule has 0 aliphatic heterocycles. The second kappa shape index (κ2) is 5.09. The molecule has 2 fully saturated rings. The highest BCUT2D eigenvalue weighted by molar-refractivity contribution is 6.31. The van der Waals surface area contributed by atoms with Crippen LogP contribution in [0.25, 0.3) is 0 Å². The molecule has 5 heteroatoms. The van der Waals surface area contributed by atoms with Gasteiger partial charge in [0.25, 0.3) is 0 Å². The zero-order chi connectivity index (χ0) is 14.3. The Kier molecular flexibility index (Phi) is 3.42. The molecule has 0 radical (unpaired) electrons. The third-order valence-electron chi connectivity index (χ3n) is 4.37. The van der Waals surface area contributed by atoms with Crippen LogP contribution in [0.4, 0.5) is 5.69 Å². The summed E-state index contributed by atoms with van der Waals surface area (Å²) in [4.78, 5) is 25.0. The van der Waals surface area contributed by atoms with Gasteiger partial charge < -0.3 is 10.0 Å². The van der Waals surface area contributed by atoms with Crippen molar-refractivity contribution in [1.29, 1.82) is 0 Å². The Bertz CT molecular complexity index is 550. The summed E-state index contributed by atoms with van der Waals surface area (Å²) in [5.74, 6) is -0.119. The highest BCUT2D eigenvalue weighted by Crippen LogP contribution is 2.58. The number of fused-ring (bicyclic) bond motifs is 1. The van der Waals surface area contributed by atoms with E-state index in [1.165, 1.54) is 11.3 Å². The molecule has 0 saturated heterocycles. The predicted octanol–water partition coefficient (Wildman–Crippen LogP) is 2.80. The summed E-state index contributed by atoms with van der Waals surface area (Å²) >= 11 is 5.94. The van der Waals surface area contributed by atoms with Crippen molar-refractivity contribution < 1.29 is 14.7 Å². The van der Waals surface area contributed by atoms with Crippen LogP contribution in [0, 0.1) is 17.8 Å². The van der Waals surface area contributed by atoms with Crippen LogP contribution >= 0.6 is 11.6 Å². The fraction of sp³-hybridized carbons (Fsp3) is 0.467. The van der Waals surface area contributed by atoms with Crippen molar-refractivity contribution in [3.05, 3.63) is 29.3 Å². The lowest BCUT2D eigenvalue weighted by Crippen LogP contribution is -2.37. The molecule has 1 aromatic rings. The second-order valence-electron chi connectivity index (χ2n) is 5.58. The van der Waals surface area contributed by atoms with Crippen molar-refractivity contribution in [1.82, 2.24) is 0 Å². The van der Waals surface area contributed by atoms with E-state index in [4.69, 9.17) is 16.7 Å². The molecule has 3 rings (SSSR count). The minimum absolute atomic E-state index is 0.0158. The Morgan fingerprint density at radius 3 is 2.60 bits per heavy atom. The smallest absolute Gasteiger partial charge is 0.323 e. The fourth-order valence-electron chi connectivity index (χ4n) is 3.44. The van der Waals surface area contributed by atoms with Crippen molar-refractivity contribution in [3.63, 3.8) is 0 Å². The highest BCUT2D eigenvalue weighted by Gasteiger charge is 2.57. The SMILES string of the molecule is O=C(O)CN(C(=O)C1C2CCCC21)c1cccc(Cl)c1. The lowest BCUT2D eigenvalue weighted by molar-refractivity contribution is -0.136. The molecule has 0 heterocycles. The molecule has 1 N–H and O–H groups in total. The molecule has 2 saturated carbocycles. The first-order valence-corrected chi connectivity index (χ1v) is 7.24. The number of anilines is 1. The van der Waals surface area contributed by atoms with E-state index in [0.29, 0.717) is 22.5 Å². The lowest BCUT2D eigenvalue weighted by Gasteiger charge is -2.22. The van der Waals surface area contributed by atoms with Crippen molar-refractivity contribution in [3.8, 4) is 0 Å². The van der Waals surface area contributed by atoms with Gasteiger partial charge in [-0.25, -0.2) is 0 Å². The Morgan fingerprint density at radius 1 is 1.30 bits per heavy atom. The summed E-state index contributed by atoms with van der Waals surface area (Å²) in [5.41, 5.74) is 0.565. The van der Waals surface area contributed by atoms with Gasteiger partial charge in [0.2, 0.25) is 5.91 Å². The number of benzene rings is 1. The lowest BCUT2D eigenvalue weighted by atomic mass is 10.1. The van der Waals surface area contributed by atoms with Gasteiger partial charge in [-0.05, 0) is 42.9 Å². The van der Waals surface area contributed by atoms with E-state index in [2.05, 4.69) is 0 Å². The molecule has 1 amide bonds.